The summed E-state index contributed by atoms with van der Waals surface area (Å²) in [5.74, 6) is -0.0542. The Morgan fingerprint density at radius 1 is 1.46 bits per heavy atom. The zero-order valence-electron chi connectivity index (χ0n) is 8.21. The van der Waals surface area contributed by atoms with Gasteiger partial charge in [0.2, 0.25) is 5.91 Å². The number of carbonyl (C=O) groups excluding carboxylic acids is 1. The van der Waals surface area contributed by atoms with Crippen molar-refractivity contribution in [1.82, 2.24) is 10.4 Å². The molecule has 1 aliphatic heterocycles. The van der Waals surface area contributed by atoms with Crippen LogP contribution < -0.4 is 5.48 Å². The van der Waals surface area contributed by atoms with E-state index in [2.05, 4.69) is 10.4 Å². The van der Waals surface area contributed by atoms with E-state index in [0.29, 0.717) is 13.0 Å². The Morgan fingerprint density at radius 2 is 2.15 bits per heavy atom. The van der Waals surface area contributed by atoms with Gasteiger partial charge in [-0.25, -0.2) is 5.48 Å². The second kappa shape index (κ2) is 5.94. The molecule has 0 aromatic heterocycles. The van der Waals surface area contributed by atoms with E-state index < -0.39 is 0 Å². The predicted molar refractivity (Wildman–Crippen MR) is 50.1 cm³/mol. The van der Waals surface area contributed by atoms with Crippen molar-refractivity contribution in [1.29, 1.82) is 0 Å². The molecule has 1 heterocycles. The number of carbonyl (C=O) groups is 1. The molecular formula is C9H18N2O2. The minimum absolute atomic E-state index is 0.0542. The number of hydroxylamine groups is 1. The lowest BCUT2D eigenvalue weighted by atomic mass is 10.4. The van der Waals surface area contributed by atoms with Gasteiger partial charge in [0.1, 0.15) is 0 Å². The van der Waals surface area contributed by atoms with Crippen molar-refractivity contribution in [3.63, 3.8) is 0 Å². The van der Waals surface area contributed by atoms with Crippen LogP contribution >= 0.6 is 0 Å². The summed E-state index contributed by atoms with van der Waals surface area (Å²) in [5.41, 5.74) is 2.39. The highest BCUT2D eigenvalue weighted by Crippen LogP contribution is 2.05. The lowest BCUT2D eigenvalue weighted by molar-refractivity contribution is -0.133. The summed E-state index contributed by atoms with van der Waals surface area (Å²) >= 11 is 0. The third kappa shape index (κ3) is 4.24. The maximum absolute atomic E-state index is 10.8. The van der Waals surface area contributed by atoms with E-state index in [4.69, 9.17) is 4.84 Å². The molecule has 1 amide bonds. The number of likely N-dealkylation sites (tertiary alicyclic amines) is 1. The van der Waals surface area contributed by atoms with E-state index in [1.807, 2.05) is 0 Å². The average molecular weight is 186 g/mol. The first-order valence-corrected chi connectivity index (χ1v) is 4.96. The van der Waals surface area contributed by atoms with Crippen LogP contribution in [0.25, 0.3) is 0 Å². The van der Waals surface area contributed by atoms with Crippen LogP contribution in [0.2, 0.25) is 0 Å². The Balaban J connectivity index is 1.91. The summed E-state index contributed by atoms with van der Waals surface area (Å²) in [7, 11) is 0. The monoisotopic (exact) mass is 186 g/mol. The van der Waals surface area contributed by atoms with E-state index in [9.17, 15) is 4.79 Å². The number of rotatable bonds is 5. The van der Waals surface area contributed by atoms with E-state index in [1.54, 1.807) is 6.92 Å². The Kier molecular flexibility index (Phi) is 4.78. The van der Waals surface area contributed by atoms with Crippen molar-refractivity contribution >= 4 is 5.91 Å². The van der Waals surface area contributed by atoms with Crippen molar-refractivity contribution in [2.24, 2.45) is 0 Å². The van der Waals surface area contributed by atoms with E-state index in [0.717, 1.165) is 6.54 Å². The zero-order chi connectivity index (χ0) is 9.52. The molecule has 1 rings (SSSR count). The van der Waals surface area contributed by atoms with Gasteiger partial charge in [0, 0.05) is 13.0 Å². The fourth-order valence-electron chi connectivity index (χ4n) is 1.38. The molecule has 76 valence electrons. The molecule has 0 unspecified atom stereocenters. The molecule has 13 heavy (non-hydrogen) atoms. The molecular weight excluding hydrogens is 168 g/mol. The van der Waals surface area contributed by atoms with Crippen molar-refractivity contribution in [3.05, 3.63) is 0 Å². The number of amides is 1. The second-order valence-electron chi connectivity index (χ2n) is 3.28. The summed E-state index contributed by atoms with van der Waals surface area (Å²) in [5, 5.41) is 0. The fourth-order valence-corrected chi connectivity index (χ4v) is 1.38. The number of nitrogens with zero attached hydrogens (tertiary/aromatic N) is 1. The zero-order valence-corrected chi connectivity index (χ0v) is 8.21. The van der Waals surface area contributed by atoms with Gasteiger partial charge < -0.3 is 4.90 Å². The van der Waals surface area contributed by atoms with E-state index in [-0.39, 0.29) is 5.91 Å². The van der Waals surface area contributed by atoms with Gasteiger partial charge in [-0.3, -0.25) is 9.63 Å². The molecule has 1 N–H and O–H groups in total. The molecule has 1 saturated heterocycles. The summed E-state index contributed by atoms with van der Waals surface area (Å²) in [6.07, 6.45) is 3.06. The Labute approximate surface area is 79.2 Å². The van der Waals surface area contributed by atoms with Gasteiger partial charge >= 0.3 is 0 Å². The normalized spacial score (nSPS) is 17.6. The third-order valence-electron chi connectivity index (χ3n) is 2.22. The molecule has 1 aliphatic rings. The van der Waals surface area contributed by atoms with E-state index in [1.165, 1.54) is 25.9 Å². The van der Waals surface area contributed by atoms with Crippen LogP contribution in [0.15, 0.2) is 0 Å². The first-order valence-electron chi connectivity index (χ1n) is 4.96. The summed E-state index contributed by atoms with van der Waals surface area (Å²) in [6, 6.07) is 0. The minimum atomic E-state index is -0.0542. The second-order valence-corrected chi connectivity index (χ2v) is 3.28. The first-order chi connectivity index (χ1) is 6.33. The van der Waals surface area contributed by atoms with Crippen molar-refractivity contribution in [3.8, 4) is 0 Å². The maximum atomic E-state index is 10.8. The Morgan fingerprint density at radius 3 is 2.77 bits per heavy atom. The molecule has 4 heteroatoms. The maximum Gasteiger partial charge on any atom is 0.243 e. The van der Waals surface area contributed by atoms with Crippen LogP contribution in [0.5, 0.6) is 0 Å². The van der Waals surface area contributed by atoms with Crippen molar-refractivity contribution < 1.29 is 9.63 Å². The molecule has 0 radical (unpaired) electrons. The van der Waals surface area contributed by atoms with Crippen LogP contribution in [0.4, 0.5) is 0 Å². The average Bonchev–Trinajstić information content (AvgIpc) is 2.64. The molecule has 0 aromatic carbocycles. The topological polar surface area (TPSA) is 41.6 Å². The number of hydrogen-bond acceptors (Lipinski definition) is 3. The van der Waals surface area contributed by atoms with E-state index >= 15 is 0 Å². The molecule has 4 nitrogen and oxygen atoms in total. The Hall–Kier alpha value is -0.610. The quantitative estimate of drug-likeness (QED) is 0.503. The van der Waals surface area contributed by atoms with Gasteiger partial charge in [-0.15, -0.1) is 0 Å². The van der Waals surface area contributed by atoms with Crippen molar-refractivity contribution in [2.45, 2.75) is 26.2 Å². The SMILES string of the molecule is CCC(=O)NOCCN1CCCC1. The molecule has 0 aromatic rings. The molecule has 0 saturated carbocycles. The van der Waals surface area contributed by atoms with Gasteiger partial charge in [0.15, 0.2) is 0 Å². The highest BCUT2D eigenvalue weighted by Gasteiger charge is 2.10. The lowest BCUT2D eigenvalue weighted by Gasteiger charge is -2.13. The van der Waals surface area contributed by atoms with Crippen LogP contribution in [0.3, 0.4) is 0 Å². The molecule has 0 bridgehead atoms. The van der Waals surface area contributed by atoms with Crippen LogP contribution in [0, 0.1) is 0 Å². The van der Waals surface area contributed by atoms with Gasteiger partial charge in [0.05, 0.1) is 6.61 Å². The van der Waals surface area contributed by atoms with Crippen molar-refractivity contribution in [2.75, 3.05) is 26.2 Å². The fraction of sp³-hybridized carbons (Fsp3) is 0.889. The third-order valence-corrected chi connectivity index (χ3v) is 2.22. The van der Waals surface area contributed by atoms with Gasteiger partial charge in [-0.05, 0) is 25.9 Å². The number of nitrogens with one attached hydrogen (secondary N) is 1. The van der Waals surface area contributed by atoms with Crippen LogP contribution in [-0.2, 0) is 9.63 Å². The standard InChI is InChI=1S/C9H18N2O2/c1-2-9(12)10-13-8-7-11-5-3-4-6-11/h2-8H2,1H3,(H,10,12). The Bertz CT molecular complexity index is 156. The van der Waals surface area contributed by atoms with Gasteiger partial charge in [-0.2, -0.15) is 0 Å². The minimum Gasteiger partial charge on any atom is -0.301 e. The predicted octanol–water partition coefficient (Wildman–Crippen LogP) is 0.540. The van der Waals surface area contributed by atoms with Crippen LogP contribution in [0.1, 0.15) is 26.2 Å². The lowest BCUT2D eigenvalue weighted by Crippen LogP contribution is -2.29. The van der Waals surface area contributed by atoms with Crippen LogP contribution in [-0.4, -0.2) is 37.0 Å². The number of hydrogen-bond donors (Lipinski definition) is 1. The largest absolute Gasteiger partial charge is 0.301 e. The van der Waals surface area contributed by atoms with Gasteiger partial charge in [-0.1, -0.05) is 6.92 Å². The summed E-state index contributed by atoms with van der Waals surface area (Å²) < 4.78 is 0. The molecule has 0 atom stereocenters. The highest BCUT2D eigenvalue weighted by molar-refractivity contribution is 5.74. The summed E-state index contributed by atoms with van der Waals surface area (Å²) in [4.78, 5) is 18.1. The molecule has 1 fully saturated rings. The smallest absolute Gasteiger partial charge is 0.243 e. The summed E-state index contributed by atoms with van der Waals surface area (Å²) in [6.45, 7) is 5.66. The molecule has 0 spiro atoms. The first kappa shape index (κ1) is 10.5. The molecule has 0 aliphatic carbocycles. The highest BCUT2D eigenvalue weighted by atomic mass is 16.6. The van der Waals surface area contributed by atoms with Gasteiger partial charge in [0.25, 0.3) is 0 Å².